The topological polar surface area (TPSA) is 96.2 Å². The third kappa shape index (κ3) is 6.08. The van der Waals surface area contributed by atoms with E-state index >= 15 is 0 Å². The number of nitrogens with zero attached hydrogens (tertiary/aromatic N) is 2. The molecule has 0 spiro atoms. The van der Waals surface area contributed by atoms with Crippen LogP contribution >= 0.6 is 0 Å². The number of nitrogens with one attached hydrogen (secondary N) is 2. The van der Waals surface area contributed by atoms with Crippen molar-refractivity contribution < 1.29 is 27.9 Å². The molecule has 0 bridgehead atoms. The fraction of sp³-hybridized carbons (Fsp3) is 0.625. The molecule has 3 rings (SSSR count). The Bertz CT molecular complexity index is 1020. The minimum absolute atomic E-state index is 0.0203. The molecule has 1 aromatic heterocycles. The monoisotopic (exact) mass is 482 g/mol. The zero-order valence-electron chi connectivity index (χ0n) is 19.8. The minimum Gasteiger partial charge on any atom is -0.396 e. The van der Waals surface area contributed by atoms with E-state index in [0.29, 0.717) is 24.6 Å². The van der Waals surface area contributed by atoms with Crippen molar-refractivity contribution in [3.05, 3.63) is 29.7 Å². The molecule has 34 heavy (non-hydrogen) atoms. The van der Waals surface area contributed by atoms with Crippen LogP contribution in [0.25, 0.3) is 10.9 Å². The lowest BCUT2D eigenvalue weighted by atomic mass is 9.86. The van der Waals surface area contributed by atoms with Gasteiger partial charge in [0.2, 0.25) is 11.8 Å². The molecular weight excluding hydrogens is 449 g/mol. The second-order valence-corrected chi connectivity index (χ2v) is 10.1. The molecule has 7 nitrogen and oxygen atoms in total. The average Bonchev–Trinajstić information content (AvgIpc) is 3.12. The number of amides is 2. The van der Waals surface area contributed by atoms with Gasteiger partial charge in [-0.2, -0.15) is 5.10 Å². The van der Waals surface area contributed by atoms with E-state index in [1.54, 1.807) is 26.8 Å². The number of rotatable bonds is 8. The summed E-state index contributed by atoms with van der Waals surface area (Å²) in [5.41, 5.74) is -0.506. The highest BCUT2D eigenvalue weighted by Gasteiger charge is 2.36. The third-order valence-corrected chi connectivity index (χ3v) is 6.24. The summed E-state index contributed by atoms with van der Waals surface area (Å²) >= 11 is 0. The summed E-state index contributed by atoms with van der Waals surface area (Å²) in [5.74, 6) is -4.34. The summed E-state index contributed by atoms with van der Waals surface area (Å²) in [6, 6.07) is 3.43. The van der Waals surface area contributed by atoms with Gasteiger partial charge in [0, 0.05) is 37.9 Å². The van der Waals surface area contributed by atoms with Gasteiger partial charge < -0.3 is 15.7 Å². The number of carbonyl (C=O) groups is 2. The number of para-hydroxylation sites is 1. The van der Waals surface area contributed by atoms with Crippen molar-refractivity contribution in [2.24, 2.45) is 11.3 Å². The lowest BCUT2D eigenvalue weighted by Crippen LogP contribution is -2.53. The van der Waals surface area contributed by atoms with E-state index in [1.165, 1.54) is 16.8 Å². The normalized spacial score (nSPS) is 17.5. The highest BCUT2D eigenvalue weighted by Crippen LogP contribution is 2.37. The summed E-state index contributed by atoms with van der Waals surface area (Å²) < 4.78 is 43.2. The first-order valence-electron chi connectivity index (χ1n) is 11.7. The van der Waals surface area contributed by atoms with E-state index in [9.17, 15) is 22.8 Å². The van der Waals surface area contributed by atoms with Crippen molar-refractivity contribution in [2.75, 3.05) is 13.2 Å². The largest absolute Gasteiger partial charge is 0.396 e. The second-order valence-electron chi connectivity index (χ2n) is 10.1. The molecule has 1 heterocycles. The molecule has 1 aromatic carbocycles. The Morgan fingerprint density at radius 2 is 1.94 bits per heavy atom. The Morgan fingerprint density at radius 3 is 2.56 bits per heavy atom. The van der Waals surface area contributed by atoms with Gasteiger partial charge in [0.15, 0.2) is 5.69 Å². The van der Waals surface area contributed by atoms with Gasteiger partial charge in [0.05, 0.1) is 0 Å². The molecule has 2 amide bonds. The molecule has 1 aliphatic rings. The molecule has 0 saturated heterocycles. The molecule has 0 radical (unpaired) electrons. The van der Waals surface area contributed by atoms with Crippen molar-refractivity contribution in [2.45, 2.75) is 71.4 Å². The van der Waals surface area contributed by atoms with Gasteiger partial charge in [0.25, 0.3) is 5.91 Å². The molecule has 3 N–H and O–H groups in total. The molecule has 188 valence electrons. The maximum absolute atomic E-state index is 14.8. The molecule has 1 saturated carbocycles. The number of benzene rings is 1. The van der Waals surface area contributed by atoms with Gasteiger partial charge in [-0.05, 0) is 36.7 Å². The van der Waals surface area contributed by atoms with Crippen molar-refractivity contribution >= 4 is 22.7 Å². The molecule has 1 atom stereocenters. The van der Waals surface area contributed by atoms with Gasteiger partial charge in [-0.3, -0.25) is 14.3 Å². The van der Waals surface area contributed by atoms with Gasteiger partial charge in [-0.25, -0.2) is 13.2 Å². The number of alkyl halides is 2. The van der Waals surface area contributed by atoms with Crippen LogP contribution in [0, 0.1) is 17.2 Å². The highest BCUT2D eigenvalue weighted by molar-refractivity contribution is 6.06. The van der Waals surface area contributed by atoms with E-state index in [1.807, 2.05) is 0 Å². The maximum atomic E-state index is 14.8. The predicted molar refractivity (Wildman–Crippen MR) is 122 cm³/mol. The van der Waals surface area contributed by atoms with Gasteiger partial charge >= 0.3 is 0 Å². The summed E-state index contributed by atoms with van der Waals surface area (Å²) in [7, 11) is 0. The number of halogens is 3. The van der Waals surface area contributed by atoms with Crippen LogP contribution in [0.2, 0.25) is 0 Å². The Hall–Kier alpha value is -2.62. The minimum atomic E-state index is -2.67. The number of fused-ring (bicyclic) bond motifs is 1. The highest BCUT2D eigenvalue weighted by atomic mass is 19.3. The SMILES string of the molecule is CC(C)(C)C(NC(=O)c1nn(CC2CCC(F)(F)CC2)c2c(F)cccc12)C(=O)NCCCO. The molecule has 1 aliphatic carbocycles. The average molecular weight is 483 g/mol. The van der Waals surface area contributed by atoms with E-state index in [-0.39, 0.29) is 49.7 Å². The van der Waals surface area contributed by atoms with Crippen LogP contribution in [-0.2, 0) is 11.3 Å². The fourth-order valence-electron chi connectivity index (χ4n) is 4.29. The van der Waals surface area contributed by atoms with Gasteiger partial charge in [0.1, 0.15) is 17.4 Å². The van der Waals surface area contributed by atoms with E-state index in [2.05, 4.69) is 15.7 Å². The first kappa shape index (κ1) is 26.0. The fourth-order valence-corrected chi connectivity index (χ4v) is 4.29. The number of carbonyl (C=O) groups excluding carboxylic acids is 2. The summed E-state index contributed by atoms with van der Waals surface area (Å²) in [5, 5.41) is 19.0. The van der Waals surface area contributed by atoms with Crippen LogP contribution < -0.4 is 10.6 Å². The third-order valence-electron chi connectivity index (χ3n) is 6.24. The second kappa shape index (κ2) is 10.3. The number of aromatic nitrogens is 2. The van der Waals surface area contributed by atoms with E-state index in [0.717, 1.165) is 0 Å². The maximum Gasteiger partial charge on any atom is 0.273 e. The van der Waals surface area contributed by atoms with Crippen LogP contribution in [0.3, 0.4) is 0 Å². The molecule has 0 aliphatic heterocycles. The van der Waals surface area contributed by atoms with Crippen LogP contribution in [-0.4, -0.2) is 51.8 Å². The molecule has 1 unspecified atom stereocenters. The quantitative estimate of drug-likeness (QED) is 0.501. The number of hydrogen-bond acceptors (Lipinski definition) is 4. The smallest absolute Gasteiger partial charge is 0.273 e. The first-order chi connectivity index (χ1) is 15.9. The number of aliphatic hydroxyl groups excluding tert-OH is 1. The summed E-state index contributed by atoms with van der Waals surface area (Å²) in [6.07, 6.45) is 0.545. The molecular formula is C24H33F3N4O3. The van der Waals surface area contributed by atoms with Gasteiger partial charge in [-0.15, -0.1) is 0 Å². The van der Waals surface area contributed by atoms with Crippen molar-refractivity contribution in [1.82, 2.24) is 20.4 Å². The van der Waals surface area contributed by atoms with Crippen molar-refractivity contribution in [1.29, 1.82) is 0 Å². The molecule has 2 aromatic rings. The zero-order valence-corrected chi connectivity index (χ0v) is 19.8. The lowest BCUT2D eigenvalue weighted by molar-refractivity contribution is -0.125. The molecule has 1 fully saturated rings. The van der Waals surface area contributed by atoms with E-state index in [4.69, 9.17) is 5.11 Å². The van der Waals surface area contributed by atoms with Crippen LogP contribution in [0.1, 0.15) is 63.4 Å². The van der Waals surface area contributed by atoms with Crippen molar-refractivity contribution in [3.8, 4) is 0 Å². The Kier molecular flexibility index (Phi) is 7.90. The van der Waals surface area contributed by atoms with Gasteiger partial charge in [-0.1, -0.05) is 32.9 Å². The van der Waals surface area contributed by atoms with Crippen LogP contribution in [0.15, 0.2) is 18.2 Å². The number of hydrogen-bond donors (Lipinski definition) is 3. The van der Waals surface area contributed by atoms with Crippen molar-refractivity contribution in [3.63, 3.8) is 0 Å². The van der Waals surface area contributed by atoms with Crippen LogP contribution in [0.5, 0.6) is 0 Å². The summed E-state index contributed by atoms with van der Waals surface area (Å²) in [4.78, 5) is 25.9. The standard InChI is InChI=1S/C24H33F3N4O3/c1-23(2,3)20(22(34)28-12-5-13-32)29-21(33)18-16-6-4-7-17(25)19(16)31(30-18)14-15-8-10-24(26,27)11-9-15/h4,6-7,15,20,32H,5,8-14H2,1-3H3,(H,28,34)(H,29,33). The Labute approximate surface area is 197 Å². The summed E-state index contributed by atoms with van der Waals surface area (Å²) in [6.45, 7) is 5.84. The number of aliphatic hydroxyl groups is 1. The molecule has 10 heteroatoms. The Balaban J connectivity index is 1.86. The predicted octanol–water partition coefficient (Wildman–Crippen LogP) is 3.64. The Morgan fingerprint density at radius 1 is 1.26 bits per heavy atom. The van der Waals surface area contributed by atoms with Crippen LogP contribution in [0.4, 0.5) is 13.2 Å². The van der Waals surface area contributed by atoms with E-state index < -0.39 is 35.0 Å². The first-order valence-corrected chi connectivity index (χ1v) is 11.7. The lowest BCUT2D eigenvalue weighted by Gasteiger charge is -2.30. The zero-order chi connectivity index (χ0) is 25.1.